The molecule has 0 aromatic rings. The number of fused-ring (bicyclic) bond motifs is 2. The Balaban J connectivity index is 0.00000240. The maximum absolute atomic E-state index is 6.08. The summed E-state index contributed by atoms with van der Waals surface area (Å²) in [5, 5.41) is 7.36. The van der Waals surface area contributed by atoms with E-state index in [9.17, 15) is 0 Å². The van der Waals surface area contributed by atoms with Crippen LogP contribution in [0.1, 0.15) is 52.9 Å². The van der Waals surface area contributed by atoms with Crippen molar-refractivity contribution in [3.63, 3.8) is 0 Å². The normalized spacial score (nSPS) is 32.1. The second-order valence-corrected chi connectivity index (χ2v) is 9.60. The zero-order chi connectivity index (χ0) is 19.6. The minimum atomic E-state index is 0. The summed E-state index contributed by atoms with van der Waals surface area (Å²) in [7, 11) is 0. The molecule has 0 aromatic heterocycles. The molecular weight excluding hydrogens is 479 g/mol. The van der Waals surface area contributed by atoms with Crippen molar-refractivity contribution in [2.75, 3.05) is 46.0 Å². The number of hydrogen-bond donors (Lipinski definition) is 2. The molecule has 4 rings (SSSR count). The zero-order valence-electron chi connectivity index (χ0n) is 18.5. The Hall–Kier alpha value is -0.120. The molecule has 0 aromatic carbocycles. The molecule has 2 saturated heterocycles. The van der Waals surface area contributed by atoms with Crippen molar-refractivity contribution < 1.29 is 9.47 Å². The summed E-state index contributed by atoms with van der Waals surface area (Å²) in [6.07, 6.45) is 6.88. The van der Waals surface area contributed by atoms with E-state index in [1.165, 1.54) is 32.1 Å². The van der Waals surface area contributed by atoms with E-state index in [-0.39, 0.29) is 24.0 Å². The molecule has 2 aliphatic heterocycles. The smallest absolute Gasteiger partial charge is 0.191 e. The van der Waals surface area contributed by atoms with Gasteiger partial charge < -0.3 is 20.1 Å². The van der Waals surface area contributed by atoms with Gasteiger partial charge in [0.15, 0.2) is 5.96 Å². The summed E-state index contributed by atoms with van der Waals surface area (Å²) < 4.78 is 11.6. The molecule has 0 bridgehead atoms. The van der Waals surface area contributed by atoms with Gasteiger partial charge in [0.2, 0.25) is 0 Å². The van der Waals surface area contributed by atoms with E-state index < -0.39 is 0 Å². The molecule has 4 unspecified atom stereocenters. The molecule has 168 valence electrons. The summed E-state index contributed by atoms with van der Waals surface area (Å²) >= 11 is 0. The molecule has 1 spiro atoms. The average Bonchev–Trinajstić information content (AvgIpc) is 3.07. The first-order valence-electron chi connectivity index (χ1n) is 11.6. The van der Waals surface area contributed by atoms with Gasteiger partial charge in [-0.25, -0.2) is 0 Å². The van der Waals surface area contributed by atoms with E-state index in [0.717, 1.165) is 52.0 Å². The maximum Gasteiger partial charge on any atom is 0.191 e. The SMILES string of the molecule is CCNC(=NCC(CC(C)C)N1CCOCC1)NC1C2CCOC2C12CCC2.I. The van der Waals surface area contributed by atoms with Crippen LogP contribution in [0.25, 0.3) is 0 Å². The number of rotatable bonds is 7. The Labute approximate surface area is 194 Å². The van der Waals surface area contributed by atoms with Gasteiger partial charge >= 0.3 is 0 Å². The van der Waals surface area contributed by atoms with E-state index >= 15 is 0 Å². The fourth-order valence-electron chi connectivity index (χ4n) is 5.95. The predicted molar refractivity (Wildman–Crippen MR) is 128 cm³/mol. The van der Waals surface area contributed by atoms with E-state index in [2.05, 4.69) is 36.3 Å². The Bertz CT molecular complexity index is 549. The minimum absolute atomic E-state index is 0. The van der Waals surface area contributed by atoms with Crippen molar-refractivity contribution >= 4 is 29.9 Å². The standard InChI is InChI=1S/C22H40N4O2.HI/c1-4-23-21(24-15-17(14-16(2)3)26-9-12-27-13-10-26)25-19-18-6-11-28-20(18)22(19)7-5-8-22;/h16-20H,4-15H2,1-3H3,(H2,23,24,25);1H. The van der Waals surface area contributed by atoms with E-state index in [1.807, 2.05) is 0 Å². The van der Waals surface area contributed by atoms with Gasteiger partial charge in [-0.05, 0) is 38.5 Å². The van der Waals surface area contributed by atoms with E-state index in [0.29, 0.717) is 35.4 Å². The maximum atomic E-state index is 6.08. The van der Waals surface area contributed by atoms with Crippen LogP contribution in [0.3, 0.4) is 0 Å². The lowest BCUT2D eigenvalue weighted by molar-refractivity contribution is -0.171. The van der Waals surface area contributed by atoms with Gasteiger partial charge in [-0.3, -0.25) is 9.89 Å². The number of halogens is 1. The molecule has 2 N–H and O–H groups in total. The van der Waals surface area contributed by atoms with Gasteiger partial charge in [0, 0.05) is 49.7 Å². The second kappa shape index (κ2) is 10.5. The van der Waals surface area contributed by atoms with Gasteiger partial charge in [-0.2, -0.15) is 0 Å². The molecule has 2 aliphatic carbocycles. The summed E-state index contributed by atoms with van der Waals surface area (Å²) in [5.74, 6) is 2.36. The Morgan fingerprint density at radius 3 is 2.59 bits per heavy atom. The zero-order valence-corrected chi connectivity index (χ0v) is 20.8. The van der Waals surface area contributed by atoms with Gasteiger partial charge in [-0.1, -0.05) is 20.3 Å². The fourth-order valence-corrected chi connectivity index (χ4v) is 5.95. The molecule has 4 aliphatic rings. The number of nitrogens with one attached hydrogen (secondary N) is 2. The van der Waals surface area contributed by atoms with Gasteiger partial charge in [0.1, 0.15) is 0 Å². The van der Waals surface area contributed by atoms with Crippen molar-refractivity contribution in [2.24, 2.45) is 22.2 Å². The van der Waals surface area contributed by atoms with Crippen molar-refractivity contribution in [3.05, 3.63) is 0 Å². The lowest BCUT2D eigenvalue weighted by Crippen LogP contribution is -2.72. The molecular formula is C22H41IN4O2. The van der Waals surface area contributed by atoms with Crippen LogP contribution in [0.15, 0.2) is 4.99 Å². The number of nitrogens with zero attached hydrogens (tertiary/aromatic N) is 2. The Morgan fingerprint density at radius 1 is 1.21 bits per heavy atom. The van der Waals surface area contributed by atoms with Crippen LogP contribution >= 0.6 is 24.0 Å². The summed E-state index contributed by atoms with van der Waals surface area (Å²) in [6.45, 7) is 13.3. The molecule has 0 amide bonds. The van der Waals surface area contributed by atoms with Crippen molar-refractivity contribution in [2.45, 2.75) is 71.1 Å². The quantitative estimate of drug-likeness (QED) is 0.307. The third-order valence-corrected chi connectivity index (χ3v) is 7.44. The lowest BCUT2D eigenvalue weighted by atomic mass is 9.46. The topological polar surface area (TPSA) is 58.1 Å². The van der Waals surface area contributed by atoms with E-state index in [4.69, 9.17) is 14.5 Å². The first-order chi connectivity index (χ1) is 13.6. The summed E-state index contributed by atoms with van der Waals surface area (Å²) in [4.78, 5) is 7.65. The highest BCUT2D eigenvalue weighted by Crippen LogP contribution is 2.62. The fraction of sp³-hybridized carbons (Fsp3) is 0.955. The van der Waals surface area contributed by atoms with Crippen LogP contribution in [0.4, 0.5) is 0 Å². The highest BCUT2D eigenvalue weighted by atomic mass is 127. The van der Waals surface area contributed by atoms with E-state index in [1.54, 1.807) is 0 Å². The molecule has 29 heavy (non-hydrogen) atoms. The number of hydrogen-bond acceptors (Lipinski definition) is 4. The van der Waals surface area contributed by atoms with Gasteiger partial charge in [-0.15, -0.1) is 24.0 Å². The molecule has 0 radical (unpaired) electrons. The first-order valence-corrected chi connectivity index (χ1v) is 11.6. The largest absolute Gasteiger partial charge is 0.379 e. The monoisotopic (exact) mass is 520 g/mol. The number of guanidine groups is 1. The van der Waals surface area contributed by atoms with Crippen LogP contribution in [-0.2, 0) is 9.47 Å². The third-order valence-electron chi connectivity index (χ3n) is 7.44. The highest BCUT2D eigenvalue weighted by molar-refractivity contribution is 14.0. The van der Waals surface area contributed by atoms with Crippen LogP contribution < -0.4 is 10.6 Å². The number of ether oxygens (including phenoxy) is 2. The van der Waals surface area contributed by atoms with Crippen molar-refractivity contribution in [3.8, 4) is 0 Å². The van der Waals surface area contributed by atoms with Crippen LogP contribution in [0, 0.1) is 17.3 Å². The van der Waals surface area contributed by atoms with Crippen LogP contribution in [0.5, 0.6) is 0 Å². The molecule has 4 atom stereocenters. The molecule has 2 saturated carbocycles. The third kappa shape index (κ3) is 4.88. The summed E-state index contributed by atoms with van der Waals surface area (Å²) in [5.41, 5.74) is 0.388. The predicted octanol–water partition coefficient (Wildman–Crippen LogP) is 2.86. The lowest BCUT2D eigenvalue weighted by Gasteiger charge is -2.63. The number of morpholine rings is 1. The second-order valence-electron chi connectivity index (χ2n) is 9.60. The number of aliphatic imine (C=N–C) groups is 1. The Kier molecular flexibility index (Phi) is 8.49. The molecule has 6 nitrogen and oxygen atoms in total. The molecule has 2 heterocycles. The van der Waals surface area contributed by atoms with Crippen LogP contribution in [0.2, 0.25) is 0 Å². The Morgan fingerprint density at radius 2 is 1.97 bits per heavy atom. The van der Waals surface area contributed by atoms with Crippen molar-refractivity contribution in [1.82, 2.24) is 15.5 Å². The van der Waals surface area contributed by atoms with Crippen LogP contribution in [-0.4, -0.2) is 75.0 Å². The minimum Gasteiger partial charge on any atom is -0.379 e. The molecule has 4 fully saturated rings. The average molecular weight is 521 g/mol. The summed E-state index contributed by atoms with van der Waals surface area (Å²) in [6, 6.07) is 1.04. The van der Waals surface area contributed by atoms with Crippen molar-refractivity contribution in [1.29, 1.82) is 0 Å². The molecule has 7 heteroatoms. The first kappa shape index (κ1) is 23.5. The van der Waals surface area contributed by atoms with Gasteiger partial charge in [0.05, 0.1) is 25.9 Å². The highest BCUT2D eigenvalue weighted by Gasteiger charge is 2.66. The van der Waals surface area contributed by atoms with Gasteiger partial charge in [0.25, 0.3) is 0 Å².